The van der Waals surface area contributed by atoms with Crippen LogP contribution in [0.15, 0.2) is 111 Å². The average Bonchev–Trinajstić information content (AvgIpc) is 3.50. The van der Waals surface area contributed by atoms with Gasteiger partial charge >= 0.3 is 0 Å². The van der Waals surface area contributed by atoms with Crippen molar-refractivity contribution in [3.8, 4) is 0 Å². The molecule has 2 saturated heterocycles. The van der Waals surface area contributed by atoms with Gasteiger partial charge in [-0.15, -0.1) is 0 Å². The van der Waals surface area contributed by atoms with Crippen LogP contribution in [0, 0.1) is 5.82 Å². The number of anilines is 2. The molecule has 0 amide bonds. The molecule has 4 aliphatic rings. The minimum absolute atomic E-state index is 0.124. The van der Waals surface area contributed by atoms with Gasteiger partial charge in [-0.25, -0.2) is 21.2 Å². The molecular weight excluding hydrogens is 684 g/mol. The second-order valence-electron chi connectivity index (χ2n) is 14.0. The molecule has 0 aromatic heterocycles. The number of halogens is 1. The van der Waals surface area contributed by atoms with Crippen LogP contribution in [-0.2, 0) is 19.7 Å². The van der Waals surface area contributed by atoms with Gasteiger partial charge in [-0.3, -0.25) is 0 Å². The number of hydrogen-bond donors (Lipinski definition) is 2. The molecule has 0 radical (unpaired) electrons. The smallest absolute Gasteiger partial charge is 0.206 e. The molecule has 4 heterocycles. The zero-order chi connectivity index (χ0) is 35.8. The first-order valence-electron chi connectivity index (χ1n) is 18.1. The van der Waals surface area contributed by atoms with Gasteiger partial charge in [0.15, 0.2) is 0 Å². The predicted molar refractivity (Wildman–Crippen MR) is 200 cm³/mol. The highest BCUT2D eigenvalue weighted by atomic mass is 32.2. The van der Waals surface area contributed by atoms with Crippen molar-refractivity contribution in [2.45, 2.75) is 83.0 Å². The lowest BCUT2D eigenvalue weighted by Gasteiger charge is -2.17. The molecule has 4 atom stereocenters. The van der Waals surface area contributed by atoms with Crippen LogP contribution in [0.4, 0.5) is 15.8 Å². The second kappa shape index (κ2) is 14.7. The van der Waals surface area contributed by atoms with Crippen molar-refractivity contribution >= 4 is 31.0 Å². The maximum atomic E-state index is 13.1. The highest BCUT2D eigenvalue weighted by Crippen LogP contribution is 2.44. The Bertz CT molecular complexity index is 2080. The minimum atomic E-state index is -3.64. The topological polar surface area (TPSA) is 98.8 Å². The number of hydrogen-bond acceptors (Lipinski definition) is 8. The summed E-state index contributed by atoms with van der Waals surface area (Å²) >= 11 is 0. The predicted octanol–water partition coefficient (Wildman–Crippen LogP) is 7.16. The normalized spacial score (nSPS) is 23.2. The molecular formula is C40H47FN4O4S2. The van der Waals surface area contributed by atoms with Crippen LogP contribution in [0.5, 0.6) is 0 Å². The fraction of sp³-hybridized carbons (Fsp3) is 0.400. The maximum absolute atomic E-state index is 13.1. The third-order valence-corrected chi connectivity index (χ3v) is 14.8. The van der Waals surface area contributed by atoms with E-state index in [1.807, 2.05) is 30.3 Å². The summed E-state index contributed by atoms with van der Waals surface area (Å²) in [5.41, 5.74) is 4.41. The molecule has 2 fully saturated rings. The highest BCUT2D eigenvalue weighted by Gasteiger charge is 2.36. The zero-order valence-corrected chi connectivity index (χ0v) is 30.9. The summed E-state index contributed by atoms with van der Waals surface area (Å²) in [4.78, 5) is 6.08. The second-order valence-corrected chi connectivity index (χ2v) is 17.9. The minimum Gasteiger partial charge on any atom is -0.381 e. The van der Waals surface area contributed by atoms with E-state index in [0.29, 0.717) is 33.7 Å². The van der Waals surface area contributed by atoms with Gasteiger partial charge in [0.2, 0.25) is 19.7 Å². The standard InChI is InChI=1S/C20H23FN2O2S.C20H24N2O2S/c1-2-23-11-9-17-18-13-16(7-8-19(18)22-20(17)10-12-23)26(24,25)15-5-3-14(21)4-6-15;1-2-22-12-10-17-18-14-16(8-9-19(18)21-20(17)11-13-22)25(23,24)15-6-4-3-5-7-15/h3-8,13,17,20,22H,2,9-12H2,1H3;3-9,14,17,20-21H,2,10-13H2,1H3/t2*17-,20-/m00/s1. The van der Waals surface area contributed by atoms with E-state index in [2.05, 4.69) is 34.3 Å². The maximum Gasteiger partial charge on any atom is 0.206 e. The first-order chi connectivity index (χ1) is 24.6. The fourth-order valence-corrected chi connectivity index (χ4v) is 10.8. The molecule has 270 valence electrons. The average molecular weight is 731 g/mol. The number of sulfone groups is 2. The molecule has 51 heavy (non-hydrogen) atoms. The number of likely N-dealkylation sites (tertiary alicyclic amines) is 2. The number of benzene rings is 4. The molecule has 0 spiro atoms. The highest BCUT2D eigenvalue weighted by molar-refractivity contribution is 7.91. The lowest BCUT2D eigenvalue weighted by Crippen LogP contribution is -2.25. The monoisotopic (exact) mass is 730 g/mol. The Morgan fingerprint density at radius 1 is 0.569 bits per heavy atom. The van der Waals surface area contributed by atoms with E-state index in [1.54, 1.807) is 36.4 Å². The Morgan fingerprint density at radius 2 is 0.980 bits per heavy atom. The van der Waals surface area contributed by atoms with Crippen LogP contribution < -0.4 is 10.6 Å². The Morgan fingerprint density at radius 3 is 1.43 bits per heavy atom. The van der Waals surface area contributed by atoms with Crippen molar-refractivity contribution in [1.82, 2.24) is 9.80 Å². The van der Waals surface area contributed by atoms with Crippen molar-refractivity contribution in [3.05, 3.63) is 108 Å². The molecule has 0 unspecified atom stereocenters. The van der Waals surface area contributed by atoms with Gasteiger partial charge in [0.25, 0.3) is 0 Å². The largest absolute Gasteiger partial charge is 0.381 e. The summed E-state index contributed by atoms with van der Waals surface area (Å²) in [5.74, 6) is 0.297. The number of nitrogens with one attached hydrogen (secondary N) is 2. The van der Waals surface area contributed by atoms with Crippen molar-refractivity contribution in [2.24, 2.45) is 0 Å². The third kappa shape index (κ3) is 7.18. The van der Waals surface area contributed by atoms with Crippen LogP contribution in [0.25, 0.3) is 0 Å². The summed E-state index contributed by atoms with van der Waals surface area (Å²) in [7, 11) is -7.11. The van der Waals surface area contributed by atoms with E-state index in [-0.39, 0.29) is 9.79 Å². The van der Waals surface area contributed by atoms with Gasteiger partial charge in [-0.05, 0) is 136 Å². The first kappa shape index (κ1) is 35.6. The Kier molecular flexibility index (Phi) is 10.3. The Labute approximate surface area is 301 Å². The van der Waals surface area contributed by atoms with Crippen LogP contribution in [-0.4, -0.2) is 78.0 Å². The van der Waals surface area contributed by atoms with E-state index in [0.717, 1.165) is 81.9 Å². The number of fused-ring (bicyclic) bond motifs is 6. The summed E-state index contributed by atoms with van der Waals surface area (Å²) < 4.78 is 64.8. The molecule has 0 saturated carbocycles. The number of rotatable bonds is 6. The Hall–Kier alpha value is -3.77. The summed E-state index contributed by atoms with van der Waals surface area (Å²) in [6, 6.07) is 25.4. The summed E-state index contributed by atoms with van der Waals surface area (Å²) in [6.45, 7) is 10.8. The molecule has 4 aromatic rings. The molecule has 2 N–H and O–H groups in total. The van der Waals surface area contributed by atoms with Gasteiger partial charge in [-0.1, -0.05) is 32.0 Å². The van der Waals surface area contributed by atoms with Gasteiger partial charge in [0.05, 0.1) is 19.6 Å². The fourth-order valence-electron chi connectivity index (χ4n) is 8.21. The van der Waals surface area contributed by atoms with Crippen molar-refractivity contribution < 1.29 is 21.2 Å². The van der Waals surface area contributed by atoms with E-state index in [1.165, 1.54) is 29.8 Å². The SMILES string of the molecule is CCN1CC[C@@H]2Nc3ccc(S(=O)(=O)c4ccc(F)cc4)cc3[C@@H]2CC1.CCN1CC[C@@H]2Nc3ccc(S(=O)(=O)c4ccccc4)cc3[C@@H]2CC1. The van der Waals surface area contributed by atoms with Gasteiger partial charge in [0.1, 0.15) is 5.82 Å². The molecule has 4 aromatic carbocycles. The van der Waals surface area contributed by atoms with E-state index < -0.39 is 25.5 Å². The molecule has 8 nitrogen and oxygen atoms in total. The quantitative estimate of drug-likeness (QED) is 0.202. The molecule has 8 rings (SSSR count). The van der Waals surface area contributed by atoms with Gasteiger partial charge in [0, 0.05) is 48.4 Å². The van der Waals surface area contributed by atoms with Gasteiger partial charge < -0.3 is 20.4 Å². The number of nitrogens with zero attached hydrogens (tertiary/aromatic N) is 2. The zero-order valence-electron chi connectivity index (χ0n) is 29.3. The lowest BCUT2D eigenvalue weighted by atomic mass is 9.91. The van der Waals surface area contributed by atoms with Crippen LogP contribution in [0.1, 0.15) is 62.5 Å². The molecule has 11 heteroatoms. The first-order valence-corrected chi connectivity index (χ1v) is 21.1. The molecule has 0 bridgehead atoms. The van der Waals surface area contributed by atoms with E-state index in [4.69, 9.17) is 0 Å². The Balaban J connectivity index is 0.000000159. The van der Waals surface area contributed by atoms with Crippen LogP contribution in [0.3, 0.4) is 0 Å². The molecule has 0 aliphatic carbocycles. The van der Waals surface area contributed by atoms with Crippen molar-refractivity contribution in [2.75, 3.05) is 49.9 Å². The molecule has 4 aliphatic heterocycles. The van der Waals surface area contributed by atoms with Crippen molar-refractivity contribution in [3.63, 3.8) is 0 Å². The third-order valence-electron chi connectivity index (χ3n) is 11.2. The van der Waals surface area contributed by atoms with E-state index in [9.17, 15) is 21.2 Å². The lowest BCUT2D eigenvalue weighted by molar-refractivity contribution is 0.298. The van der Waals surface area contributed by atoms with Crippen LogP contribution >= 0.6 is 0 Å². The summed E-state index contributed by atoms with van der Waals surface area (Å²) in [5, 5.41) is 7.19. The van der Waals surface area contributed by atoms with E-state index >= 15 is 0 Å². The summed E-state index contributed by atoms with van der Waals surface area (Å²) in [6.07, 6.45) is 4.27. The van der Waals surface area contributed by atoms with Crippen molar-refractivity contribution in [1.29, 1.82) is 0 Å². The van der Waals surface area contributed by atoms with Gasteiger partial charge in [-0.2, -0.15) is 0 Å². The van der Waals surface area contributed by atoms with Crippen LogP contribution in [0.2, 0.25) is 0 Å².